The molecule has 1 aliphatic heterocycles. The number of fused-ring (bicyclic) bond motifs is 3. The number of H-pyrrole nitrogens is 1. The first kappa shape index (κ1) is 6.54. The highest BCUT2D eigenvalue weighted by Gasteiger charge is 2.09. The molecular formula is C9H6N4. The second-order valence-electron chi connectivity index (χ2n) is 2.84. The summed E-state index contributed by atoms with van der Waals surface area (Å²) in [4.78, 5) is 15.2. The summed E-state index contributed by atoms with van der Waals surface area (Å²) < 4.78 is 0. The van der Waals surface area contributed by atoms with Gasteiger partial charge in [0, 0.05) is 23.3 Å². The van der Waals surface area contributed by atoms with E-state index in [1.54, 1.807) is 18.9 Å². The molecule has 1 N–H and O–H groups in total. The minimum absolute atomic E-state index is 0.953. The summed E-state index contributed by atoms with van der Waals surface area (Å²) in [5.41, 5.74) is 3.07. The molecule has 0 saturated heterocycles. The van der Waals surface area contributed by atoms with Gasteiger partial charge in [0.05, 0.1) is 17.5 Å². The van der Waals surface area contributed by atoms with Crippen LogP contribution in [0, 0.1) is 0 Å². The molecule has 0 fully saturated rings. The Morgan fingerprint density at radius 1 is 1.15 bits per heavy atom. The van der Waals surface area contributed by atoms with Crippen LogP contribution in [0.5, 0.6) is 0 Å². The lowest BCUT2D eigenvalue weighted by molar-refractivity contribution is 1.18. The van der Waals surface area contributed by atoms with Crippen molar-refractivity contribution >= 4 is 10.9 Å². The number of aromatic amines is 1. The minimum Gasteiger partial charge on any atom is -0.346 e. The highest BCUT2D eigenvalue weighted by molar-refractivity contribution is 5.97. The van der Waals surface area contributed by atoms with Gasteiger partial charge in [-0.2, -0.15) is 0 Å². The van der Waals surface area contributed by atoms with Crippen LogP contribution in [0.4, 0.5) is 0 Å². The molecule has 0 radical (unpaired) electrons. The fourth-order valence-electron chi connectivity index (χ4n) is 1.50. The molecule has 0 atom stereocenters. The van der Waals surface area contributed by atoms with Crippen LogP contribution in [-0.4, -0.2) is 19.9 Å². The van der Waals surface area contributed by atoms with E-state index in [9.17, 15) is 0 Å². The van der Waals surface area contributed by atoms with Gasteiger partial charge in [0.25, 0.3) is 0 Å². The van der Waals surface area contributed by atoms with E-state index in [4.69, 9.17) is 0 Å². The molecule has 0 unspecified atom stereocenters. The SMILES string of the molecule is c1ncc2c3cnc[nH]c-3cc2n1. The van der Waals surface area contributed by atoms with Crippen molar-refractivity contribution in [2.45, 2.75) is 0 Å². The van der Waals surface area contributed by atoms with E-state index in [1.165, 1.54) is 0 Å². The smallest absolute Gasteiger partial charge is 0.116 e. The molecule has 2 aliphatic rings. The third kappa shape index (κ3) is 0.823. The van der Waals surface area contributed by atoms with Gasteiger partial charge in [-0.25, -0.2) is 15.0 Å². The van der Waals surface area contributed by atoms with Crippen LogP contribution in [0.1, 0.15) is 0 Å². The zero-order valence-electron chi connectivity index (χ0n) is 6.73. The zero-order chi connectivity index (χ0) is 8.67. The molecule has 2 heterocycles. The Bertz CT molecular complexity index is 528. The quantitative estimate of drug-likeness (QED) is 0.555. The van der Waals surface area contributed by atoms with Crippen molar-refractivity contribution in [1.82, 2.24) is 19.9 Å². The lowest BCUT2D eigenvalue weighted by Gasteiger charge is -1.95. The van der Waals surface area contributed by atoms with Crippen LogP contribution in [0.15, 0.2) is 31.1 Å². The third-order valence-electron chi connectivity index (χ3n) is 2.10. The molecule has 0 amide bonds. The lowest BCUT2D eigenvalue weighted by atomic mass is 10.2. The number of hydrogen-bond donors (Lipinski definition) is 1. The van der Waals surface area contributed by atoms with Crippen molar-refractivity contribution in [2.75, 3.05) is 0 Å². The molecule has 0 saturated carbocycles. The summed E-state index contributed by atoms with van der Waals surface area (Å²) in [5.74, 6) is 0. The van der Waals surface area contributed by atoms with Crippen molar-refractivity contribution in [2.24, 2.45) is 0 Å². The van der Waals surface area contributed by atoms with Gasteiger partial charge in [0.1, 0.15) is 6.33 Å². The van der Waals surface area contributed by atoms with E-state index in [0.717, 1.165) is 22.2 Å². The molecule has 4 nitrogen and oxygen atoms in total. The van der Waals surface area contributed by atoms with Crippen molar-refractivity contribution in [1.29, 1.82) is 0 Å². The fourth-order valence-corrected chi connectivity index (χ4v) is 1.50. The Kier molecular flexibility index (Phi) is 1.14. The fraction of sp³-hybridized carbons (Fsp3) is 0. The van der Waals surface area contributed by atoms with E-state index in [-0.39, 0.29) is 0 Å². The maximum atomic E-state index is 4.16. The van der Waals surface area contributed by atoms with E-state index >= 15 is 0 Å². The van der Waals surface area contributed by atoms with E-state index in [1.807, 2.05) is 12.3 Å². The maximum Gasteiger partial charge on any atom is 0.116 e. The first-order valence-electron chi connectivity index (χ1n) is 3.96. The van der Waals surface area contributed by atoms with Gasteiger partial charge in [0.2, 0.25) is 0 Å². The first-order valence-corrected chi connectivity index (χ1v) is 3.96. The Morgan fingerprint density at radius 2 is 2.15 bits per heavy atom. The number of nitrogens with one attached hydrogen (secondary N) is 1. The van der Waals surface area contributed by atoms with Gasteiger partial charge in [-0.1, -0.05) is 0 Å². The van der Waals surface area contributed by atoms with Crippen LogP contribution in [-0.2, 0) is 0 Å². The van der Waals surface area contributed by atoms with Crippen molar-refractivity contribution in [3.05, 3.63) is 31.1 Å². The molecule has 0 aromatic carbocycles. The largest absolute Gasteiger partial charge is 0.346 e. The predicted octanol–water partition coefficient (Wildman–Crippen LogP) is 1.46. The molecule has 3 rings (SSSR count). The third-order valence-corrected chi connectivity index (χ3v) is 2.10. The number of aromatic nitrogens is 4. The van der Waals surface area contributed by atoms with Crippen LogP contribution in [0.2, 0.25) is 0 Å². The second kappa shape index (κ2) is 2.26. The summed E-state index contributed by atoms with van der Waals surface area (Å²) >= 11 is 0. The van der Waals surface area contributed by atoms with Crippen LogP contribution in [0.3, 0.4) is 0 Å². The van der Waals surface area contributed by atoms with Crippen molar-refractivity contribution < 1.29 is 0 Å². The molecule has 13 heavy (non-hydrogen) atoms. The molecule has 62 valence electrons. The highest BCUT2D eigenvalue weighted by Crippen LogP contribution is 2.29. The van der Waals surface area contributed by atoms with Crippen LogP contribution >= 0.6 is 0 Å². The zero-order valence-corrected chi connectivity index (χ0v) is 6.73. The van der Waals surface area contributed by atoms with Gasteiger partial charge < -0.3 is 4.98 Å². The summed E-state index contributed by atoms with van der Waals surface area (Å²) in [6.45, 7) is 0. The predicted molar refractivity (Wildman–Crippen MR) is 48.3 cm³/mol. The summed E-state index contributed by atoms with van der Waals surface area (Å²) in [6.07, 6.45) is 6.83. The van der Waals surface area contributed by atoms with Crippen molar-refractivity contribution in [3.63, 3.8) is 0 Å². The Balaban J connectivity index is 2.56. The molecule has 4 heteroatoms. The van der Waals surface area contributed by atoms with Gasteiger partial charge in [-0.3, -0.25) is 0 Å². The molecule has 1 aromatic heterocycles. The van der Waals surface area contributed by atoms with Crippen LogP contribution < -0.4 is 0 Å². The molecule has 0 spiro atoms. The summed E-state index contributed by atoms with van der Waals surface area (Å²) in [6, 6.07) is 1.99. The van der Waals surface area contributed by atoms with E-state index in [0.29, 0.717) is 0 Å². The highest BCUT2D eigenvalue weighted by atomic mass is 14.9. The standard InChI is InChI=1S/C9H6N4/c1-8-6(2-10-4-12-8)7-3-11-5-13-9(1)7/h1-5H,(H,10,12). The maximum absolute atomic E-state index is 4.16. The van der Waals surface area contributed by atoms with Gasteiger partial charge in [0.15, 0.2) is 0 Å². The Labute approximate surface area is 74.0 Å². The van der Waals surface area contributed by atoms with Gasteiger partial charge >= 0.3 is 0 Å². The average molecular weight is 170 g/mol. The number of hydrogen-bond acceptors (Lipinski definition) is 3. The topological polar surface area (TPSA) is 54.5 Å². The monoisotopic (exact) mass is 170 g/mol. The Hall–Kier alpha value is -1.97. The Morgan fingerprint density at radius 3 is 3.15 bits per heavy atom. The first-order chi connectivity index (χ1) is 6.45. The summed E-state index contributed by atoms with van der Waals surface area (Å²) in [7, 11) is 0. The molecule has 0 bridgehead atoms. The molecular weight excluding hydrogens is 164 g/mol. The minimum atomic E-state index is 0.953. The number of nitrogens with zero attached hydrogens (tertiary/aromatic N) is 3. The van der Waals surface area contributed by atoms with Gasteiger partial charge in [-0.05, 0) is 6.07 Å². The molecule has 1 aromatic rings. The lowest BCUT2D eigenvalue weighted by Crippen LogP contribution is -1.81. The van der Waals surface area contributed by atoms with Crippen LogP contribution in [0.25, 0.3) is 22.2 Å². The summed E-state index contributed by atoms with van der Waals surface area (Å²) in [5, 5.41) is 1.04. The number of rotatable bonds is 0. The normalized spacial score (nSPS) is 11.1. The van der Waals surface area contributed by atoms with E-state index < -0.39 is 0 Å². The molecule has 1 aliphatic carbocycles. The van der Waals surface area contributed by atoms with E-state index in [2.05, 4.69) is 19.9 Å². The second-order valence-corrected chi connectivity index (χ2v) is 2.84. The average Bonchev–Trinajstić information content (AvgIpc) is 2.56. The van der Waals surface area contributed by atoms with Crippen molar-refractivity contribution in [3.8, 4) is 11.3 Å². The van der Waals surface area contributed by atoms with Gasteiger partial charge in [-0.15, -0.1) is 0 Å².